The van der Waals surface area contributed by atoms with Crippen molar-refractivity contribution in [3.8, 4) is 5.75 Å². The van der Waals surface area contributed by atoms with E-state index in [1.807, 2.05) is 0 Å². The van der Waals surface area contributed by atoms with Gasteiger partial charge in [0.15, 0.2) is 0 Å². The third-order valence-corrected chi connectivity index (χ3v) is 2.09. The molecule has 0 saturated carbocycles. The lowest BCUT2D eigenvalue weighted by molar-refractivity contribution is -0.209. The van der Waals surface area contributed by atoms with Crippen LogP contribution in [-0.2, 0) is 6.30 Å². The van der Waals surface area contributed by atoms with Gasteiger partial charge in [-0.15, -0.1) is 13.2 Å². The van der Waals surface area contributed by atoms with E-state index in [9.17, 15) is 13.2 Å². The van der Waals surface area contributed by atoms with Crippen molar-refractivity contribution in [1.29, 1.82) is 0 Å². The van der Waals surface area contributed by atoms with Crippen LogP contribution in [0.25, 0.3) is 10.9 Å². The number of halogens is 3. The second-order valence-electron chi connectivity index (χ2n) is 3.17. The van der Waals surface area contributed by atoms with E-state index in [4.69, 9.17) is 5.11 Å². The van der Waals surface area contributed by atoms with E-state index in [2.05, 4.69) is 5.10 Å². The van der Waals surface area contributed by atoms with E-state index in [0.29, 0.717) is 5.39 Å². The molecule has 0 aliphatic heterocycles. The van der Waals surface area contributed by atoms with Gasteiger partial charge in [-0.1, -0.05) is 0 Å². The first-order valence-corrected chi connectivity index (χ1v) is 4.15. The third kappa shape index (κ3) is 1.51. The molecular formula is C9H7F3N2O. The number of fused-ring (bicyclic) bond motifs is 1. The van der Waals surface area contributed by atoms with Crippen LogP contribution >= 0.6 is 0 Å². The van der Waals surface area contributed by atoms with Crippen molar-refractivity contribution in [3.05, 3.63) is 23.9 Å². The summed E-state index contributed by atoms with van der Waals surface area (Å²) in [4.78, 5) is 0. The van der Waals surface area contributed by atoms with Crippen molar-refractivity contribution in [2.75, 3.05) is 0 Å². The summed E-state index contributed by atoms with van der Waals surface area (Å²) in [7, 11) is 0. The van der Waals surface area contributed by atoms with Gasteiger partial charge in [-0.2, -0.15) is 9.78 Å². The van der Waals surface area contributed by atoms with Crippen LogP contribution < -0.4 is 0 Å². The van der Waals surface area contributed by atoms with Gasteiger partial charge < -0.3 is 5.11 Å². The number of aromatic hydroxyl groups is 1. The average molecular weight is 216 g/mol. The molecule has 1 aromatic carbocycles. The Morgan fingerprint density at radius 3 is 2.60 bits per heavy atom. The first-order valence-electron chi connectivity index (χ1n) is 4.15. The molecular weight excluding hydrogens is 209 g/mol. The van der Waals surface area contributed by atoms with Gasteiger partial charge in [-0.05, 0) is 19.1 Å². The molecule has 2 aromatic rings. The van der Waals surface area contributed by atoms with Gasteiger partial charge in [0.05, 0.1) is 11.2 Å². The molecule has 0 saturated heterocycles. The molecule has 0 aliphatic carbocycles. The average Bonchev–Trinajstić information content (AvgIpc) is 2.42. The summed E-state index contributed by atoms with van der Waals surface area (Å²) in [6.07, 6.45) is -4.57. The molecule has 0 atom stereocenters. The van der Waals surface area contributed by atoms with Crippen molar-refractivity contribution in [3.63, 3.8) is 0 Å². The second-order valence-corrected chi connectivity index (χ2v) is 3.17. The Morgan fingerprint density at radius 1 is 1.33 bits per heavy atom. The zero-order chi connectivity index (χ0) is 11.2. The molecule has 3 nitrogen and oxygen atoms in total. The SMILES string of the molecule is Cc1nn(C(F)(F)F)c2cc(O)ccc12. The summed E-state index contributed by atoms with van der Waals surface area (Å²) in [6.45, 7) is 1.49. The molecule has 1 heterocycles. The van der Waals surface area contributed by atoms with Crippen molar-refractivity contribution in [1.82, 2.24) is 9.78 Å². The summed E-state index contributed by atoms with van der Waals surface area (Å²) >= 11 is 0. The molecule has 0 radical (unpaired) electrons. The van der Waals surface area contributed by atoms with Crippen LogP contribution in [0.4, 0.5) is 13.2 Å². The van der Waals surface area contributed by atoms with E-state index in [0.717, 1.165) is 6.07 Å². The highest BCUT2D eigenvalue weighted by molar-refractivity contribution is 5.83. The van der Waals surface area contributed by atoms with Crippen LogP contribution in [0.3, 0.4) is 0 Å². The van der Waals surface area contributed by atoms with Crippen LogP contribution in [0.2, 0.25) is 0 Å². The minimum Gasteiger partial charge on any atom is -0.508 e. The Morgan fingerprint density at radius 2 is 2.00 bits per heavy atom. The van der Waals surface area contributed by atoms with Crippen LogP contribution in [-0.4, -0.2) is 14.9 Å². The summed E-state index contributed by atoms with van der Waals surface area (Å²) < 4.78 is 37.4. The first kappa shape index (κ1) is 9.82. The molecule has 0 spiro atoms. The molecule has 0 aliphatic rings. The Kier molecular flexibility index (Phi) is 1.89. The number of aromatic nitrogens is 2. The van der Waals surface area contributed by atoms with Gasteiger partial charge in [0.2, 0.25) is 0 Å². The first-order chi connectivity index (χ1) is 6.89. The van der Waals surface area contributed by atoms with Crippen molar-refractivity contribution in [2.24, 2.45) is 0 Å². The maximum Gasteiger partial charge on any atom is 0.505 e. The Hall–Kier alpha value is -1.72. The standard InChI is InChI=1S/C9H7F3N2O/c1-5-7-3-2-6(15)4-8(7)14(13-5)9(10,11)12/h2-4,15H,1H3. The van der Waals surface area contributed by atoms with Crippen LogP contribution in [0.15, 0.2) is 18.2 Å². The number of phenols is 1. The predicted octanol–water partition coefficient (Wildman–Crippen LogP) is 2.53. The fraction of sp³-hybridized carbons (Fsp3) is 0.222. The fourth-order valence-electron chi connectivity index (χ4n) is 1.45. The van der Waals surface area contributed by atoms with Crippen LogP contribution in [0, 0.1) is 6.92 Å². The molecule has 0 unspecified atom stereocenters. The van der Waals surface area contributed by atoms with Crippen LogP contribution in [0.1, 0.15) is 5.69 Å². The lowest BCUT2D eigenvalue weighted by Crippen LogP contribution is -2.17. The van der Waals surface area contributed by atoms with Gasteiger partial charge in [-0.3, -0.25) is 0 Å². The van der Waals surface area contributed by atoms with Gasteiger partial charge in [0, 0.05) is 11.5 Å². The number of aryl methyl sites for hydroxylation is 1. The molecule has 0 fully saturated rings. The summed E-state index contributed by atoms with van der Waals surface area (Å²) in [5.74, 6) is -0.215. The Bertz CT molecular complexity index is 516. The quantitative estimate of drug-likeness (QED) is 0.734. The molecule has 1 aromatic heterocycles. The summed E-state index contributed by atoms with van der Waals surface area (Å²) in [6, 6.07) is 3.79. The van der Waals surface area contributed by atoms with Crippen molar-refractivity contribution in [2.45, 2.75) is 13.2 Å². The van der Waals surface area contributed by atoms with E-state index in [1.165, 1.54) is 19.1 Å². The highest BCUT2D eigenvalue weighted by Crippen LogP contribution is 2.30. The number of nitrogens with zero attached hydrogens (tertiary/aromatic N) is 2. The molecule has 2 rings (SSSR count). The second kappa shape index (κ2) is 2.88. The zero-order valence-corrected chi connectivity index (χ0v) is 7.71. The fourth-order valence-corrected chi connectivity index (χ4v) is 1.45. The van der Waals surface area contributed by atoms with Gasteiger partial charge in [-0.25, -0.2) is 0 Å². The number of hydrogen-bond donors (Lipinski definition) is 1. The minimum absolute atomic E-state index is 0.0443. The number of benzene rings is 1. The van der Waals surface area contributed by atoms with Crippen molar-refractivity contribution < 1.29 is 18.3 Å². The molecule has 0 bridgehead atoms. The Balaban J connectivity index is 2.81. The van der Waals surface area contributed by atoms with Gasteiger partial charge in [0.25, 0.3) is 0 Å². The lowest BCUT2D eigenvalue weighted by atomic mass is 10.2. The third-order valence-electron chi connectivity index (χ3n) is 2.09. The smallest absolute Gasteiger partial charge is 0.505 e. The number of alkyl halides is 3. The summed E-state index contributed by atoms with van der Waals surface area (Å²) in [5.41, 5.74) is 0.141. The maximum absolute atomic E-state index is 12.5. The highest BCUT2D eigenvalue weighted by Gasteiger charge is 2.34. The predicted molar refractivity (Wildman–Crippen MR) is 47.4 cm³/mol. The van der Waals surface area contributed by atoms with E-state index >= 15 is 0 Å². The molecule has 15 heavy (non-hydrogen) atoms. The topological polar surface area (TPSA) is 38.0 Å². The normalized spacial score (nSPS) is 12.3. The van der Waals surface area contributed by atoms with Crippen molar-refractivity contribution >= 4 is 10.9 Å². The molecule has 1 N–H and O–H groups in total. The van der Waals surface area contributed by atoms with Gasteiger partial charge >= 0.3 is 6.30 Å². The maximum atomic E-state index is 12.5. The highest BCUT2D eigenvalue weighted by atomic mass is 19.4. The monoisotopic (exact) mass is 216 g/mol. The molecule has 0 amide bonds. The lowest BCUT2D eigenvalue weighted by Gasteiger charge is -2.06. The van der Waals surface area contributed by atoms with E-state index in [1.54, 1.807) is 0 Å². The number of rotatable bonds is 0. The van der Waals surface area contributed by atoms with E-state index in [-0.39, 0.29) is 21.6 Å². The van der Waals surface area contributed by atoms with E-state index < -0.39 is 6.30 Å². The Labute approximate surface area is 82.7 Å². The molecule has 80 valence electrons. The van der Waals surface area contributed by atoms with Crippen LogP contribution in [0.5, 0.6) is 5.75 Å². The minimum atomic E-state index is -4.57. The zero-order valence-electron chi connectivity index (χ0n) is 7.71. The number of hydrogen-bond acceptors (Lipinski definition) is 2. The number of phenolic OH excluding ortho intramolecular Hbond substituents is 1. The largest absolute Gasteiger partial charge is 0.508 e. The molecule has 6 heteroatoms. The summed E-state index contributed by atoms with van der Waals surface area (Å²) in [5, 5.41) is 12.9. The van der Waals surface area contributed by atoms with Gasteiger partial charge in [0.1, 0.15) is 5.75 Å².